The van der Waals surface area contributed by atoms with Gasteiger partial charge in [-0.25, -0.2) is 0 Å². The SMILES string of the molecule is C=CC[C@]12CCC3(C[C@H]1CCC2=O)OCCO3. The molecule has 3 heteroatoms. The van der Waals surface area contributed by atoms with Crippen molar-refractivity contribution in [3.05, 3.63) is 12.7 Å². The maximum Gasteiger partial charge on any atom is 0.168 e. The molecule has 3 aliphatic rings. The Morgan fingerprint density at radius 3 is 2.82 bits per heavy atom. The molecule has 2 saturated carbocycles. The van der Waals surface area contributed by atoms with Crippen LogP contribution in [-0.4, -0.2) is 24.8 Å². The van der Waals surface area contributed by atoms with Crippen LogP contribution < -0.4 is 0 Å². The van der Waals surface area contributed by atoms with E-state index in [4.69, 9.17) is 9.47 Å². The van der Waals surface area contributed by atoms with Crippen molar-refractivity contribution in [1.29, 1.82) is 0 Å². The summed E-state index contributed by atoms with van der Waals surface area (Å²) in [6, 6.07) is 0. The number of fused-ring (bicyclic) bond motifs is 1. The lowest BCUT2D eigenvalue weighted by atomic mass is 9.64. The van der Waals surface area contributed by atoms with Crippen LogP contribution in [0.3, 0.4) is 0 Å². The number of allylic oxidation sites excluding steroid dienone is 1. The van der Waals surface area contributed by atoms with E-state index in [0.29, 0.717) is 24.9 Å². The third kappa shape index (κ3) is 1.59. The van der Waals surface area contributed by atoms with Crippen LogP contribution in [0.15, 0.2) is 12.7 Å². The molecule has 1 aliphatic heterocycles. The number of ketones is 1. The van der Waals surface area contributed by atoms with Crippen LogP contribution in [0.4, 0.5) is 0 Å². The summed E-state index contributed by atoms with van der Waals surface area (Å²) < 4.78 is 11.6. The molecule has 0 bridgehead atoms. The Morgan fingerprint density at radius 1 is 1.35 bits per heavy atom. The maximum atomic E-state index is 12.2. The van der Waals surface area contributed by atoms with Gasteiger partial charge in [-0.1, -0.05) is 6.08 Å². The third-order valence-electron chi connectivity index (χ3n) is 4.89. The fourth-order valence-corrected chi connectivity index (χ4v) is 3.99. The average molecular weight is 236 g/mol. The van der Waals surface area contributed by atoms with Gasteiger partial charge in [0.05, 0.1) is 13.2 Å². The number of Topliss-reactive ketones (excluding diaryl/α,β-unsaturated/α-hetero) is 1. The fraction of sp³-hybridized carbons (Fsp3) is 0.786. The summed E-state index contributed by atoms with van der Waals surface area (Å²) in [5.74, 6) is 0.509. The van der Waals surface area contributed by atoms with Gasteiger partial charge in [-0.2, -0.15) is 0 Å². The monoisotopic (exact) mass is 236 g/mol. The highest BCUT2D eigenvalue weighted by Crippen LogP contribution is 2.56. The van der Waals surface area contributed by atoms with Gasteiger partial charge in [0.25, 0.3) is 0 Å². The molecule has 2 atom stereocenters. The molecule has 0 aromatic carbocycles. The van der Waals surface area contributed by atoms with Crippen LogP contribution in [0, 0.1) is 11.3 Å². The Bertz CT molecular complexity index is 343. The molecule has 0 radical (unpaired) electrons. The minimum atomic E-state index is -0.361. The zero-order valence-electron chi connectivity index (χ0n) is 10.2. The molecule has 3 rings (SSSR count). The Morgan fingerprint density at radius 2 is 2.12 bits per heavy atom. The fourth-order valence-electron chi connectivity index (χ4n) is 3.99. The van der Waals surface area contributed by atoms with Gasteiger partial charge in [0.1, 0.15) is 5.78 Å². The number of hydrogen-bond acceptors (Lipinski definition) is 3. The van der Waals surface area contributed by atoms with Crippen LogP contribution in [0.5, 0.6) is 0 Å². The molecule has 1 saturated heterocycles. The first-order valence-corrected chi connectivity index (χ1v) is 6.63. The molecule has 17 heavy (non-hydrogen) atoms. The predicted octanol–water partition coefficient (Wildman–Crippen LogP) is 2.46. The molecule has 0 aromatic rings. The predicted molar refractivity (Wildman–Crippen MR) is 63.5 cm³/mol. The zero-order valence-corrected chi connectivity index (χ0v) is 10.2. The van der Waals surface area contributed by atoms with E-state index in [9.17, 15) is 4.79 Å². The van der Waals surface area contributed by atoms with Gasteiger partial charge in [-0.3, -0.25) is 4.79 Å². The van der Waals surface area contributed by atoms with Gasteiger partial charge < -0.3 is 9.47 Å². The molecule has 1 spiro atoms. The Labute approximate surface area is 102 Å². The van der Waals surface area contributed by atoms with Crippen LogP contribution >= 0.6 is 0 Å². The lowest BCUT2D eigenvalue weighted by Crippen LogP contribution is -2.46. The smallest absolute Gasteiger partial charge is 0.168 e. The zero-order chi connectivity index (χ0) is 11.9. The molecule has 0 N–H and O–H groups in total. The van der Waals surface area contributed by atoms with Crippen LogP contribution in [0.1, 0.15) is 38.5 Å². The van der Waals surface area contributed by atoms with E-state index in [1.54, 1.807) is 0 Å². The average Bonchev–Trinajstić information content (AvgIpc) is 2.89. The Kier molecular flexibility index (Phi) is 2.64. The van der Waals surface area contributed by atoms with Crippen molar-refractivity contribution in [3.63, 3.8) is 0 Å². The molecule has 94 valence electrons. The molecule has 3 fully saturated rings. The van der Waals surface area contributed by atoms with Crippen LogP contribution in [0.2, 0.25) is 0 Å². The summed E-state index contributed by atoms with van der Waals surface area (Å²) in [6.07, 6.45) is 7.13. The van der Waals surface area contributed by atoms with Crippen molar-refractivity contribution in [3.8, 4) is 0 Å². The normalized spacial score (nSPS) is 39.5. The summed E-state index contributed by atoms with van der Waals surface area (Å²) in [7, 11) is 0. The van der Waals surface area contributed by atoms with Crippen LogP contribution in [-0.2, 0) is 14.3 Å². The van der Waals surface area contributed by atoms with E-state index in [-0.39, 0.29) is 11.2 Å². The second-order valence-corrected chi connectivity index (χ2v) is 5.62. The lowest BCUT2D eigenvalue weighted by Gasteiger charge is -2.44. The summed E-state index contributed by atoms with van der Waals surface area (Å²) in [5.41, 5.74) is -0.137. The van der Waals surface area contributed by atoms with E-state index in [0.717, 1.165) is 38.5 Å². The van der Waals surface area contributed by atoms with E-state index < -0.39 is 0 Å². The van der Waals surface area contributed by atoms with Crippen molar-refractivity contribution in [1.82, 2.24) is 0 Å². The van der Waals surface area contributed by atoms with E-state index in [2.05, 4.69) is 6.58 Å². The molecule has 3 nitrogen and oxygen atoms in total. The molecule has 0 unspecified atom stereocenters. The van der Waals surface area contributed by atoms with Crippen molar-refractivity contribution < 1.29 is 14.3 Å². The lowest BCUT2D eigenvalue weighted by molar-refractivity contribution is -0.203. The van der Waals surface area contributed by atoms with Crippen LogP contribution in [0.25, 0.3) is 0 Å². The first kappa shape index (κ1) is 11.4. The number of ether oxygens (including phenoxy) is 2. The standard InChI is InChI=1S/C14H20O3/c1-2-5-13-6-7-14(16-8-9-17-14)10-11(13)3-4-12(13)15/h2,11H,1,3-10H2/t11-,13+/m1/s1. The second-order valence-electron chi connectivity index (χ2n) is 5.62. The molecular formula is C14H20O3. The Balaban J connectivity index is 1.84. The molecule has 0 aromatic heterocycles. The first-order chi connectivity index (χ1) is 8.21. The summed E-state index contributed by atoms with van der Waals surface area (Å²) >= 11 is 0. The maximum absolute atomic E-state index is 12.2. The molecular weight excluding hydrogens is 216 g/mol. The topological polar surface area (TPSA) is 35.5 Å². The number of carbonyl (C=O) groups is 1. The molecule has 2 aliphatic carbocycles. The van der Waals surface area contributed by atoms with Gasteiger partial charge in [-0.05, 0) is 25.2 Å². The third-order valence-corrected chi connectivity index (χ3v) is 4.89. The highest BCUT2D eigenvalue weighted by Gasteiger charge is 2.57. The van der Waals surface area contributed by atoms with E-state index in [1.165, 1.54) is 0 Å². The summed E-state index contributed by atoms with van der Waals surface area (Å²) in [5, 5.41) is 0. The van der Waals surface area contributed by atoms with E-state index >= 15 is 0 Å². The highest BCUT2D eigenvalue weighted by atomic mass is 16.7. The van der Waals surface area contributed by atoms with Gasteiger partial charge in [0.2, 0.25) is 0 Å². The van der Waals surface area contributed by atoms with E-state index in [1.807, 2.05) is 6.08 Å². The van der Waals surface area contributed by atoms with Crippen molar-refractivity contribution in [2.75, 3.05) is 13.2 Å². The van der Waals surface area contributed by atoms with Crippen molar-refractivity contribution >= 4 is 5.78 Å². The van der Waals surface area contributed by atoms with Crippen molar-refractivity contribution in [2.45, 2.75) is 44.3 Å². The second kappa shape index (κ2) is 3.92. The van der Waals surface area contributed by atoms with Gasteiger partial charge in [0, 0.05) is 24.7 Å². The minimum Gasteiger partial charge on any atom is -0.348 e. The number of carbonyl (C=O) groups excluding carboxylic acids is 1. The van der Waals surface area contributed by atoms with Crippen molar-refractivity contribution in [2.24, 2.45) is 11.3 Å². The minimum absolute atomic E-state index is 0.137. The molecule has 1 heterocycles. The summed E-state index contributed by atoms with van der Waals surface area (Å²) in [4.78, 5) is 12.2. The largest absolute Gasteiger partial charge is 0.348 e. The number of rotatable bonds is 2. The number of hydrogen-bond donors (Lipinski definition) is 0. The first-order valence-electron chi connectivity index (χ1n) is 6.63. The van der Waals surface area contributed by atoms with Gasteiger partial charge >= 0.3 is 0 Å². The van der Waals surface area contributed by atoms with Gasteiger partial charge in [-0.15, -0.1) is 6.58 Å². The Hall–Kier alpha value is -0.670. The molecule has 0 amide bonds. The highest BCUT2D eigenvalue weighted by molar-refractivity contribution is 5.87. The quantitative estimate of drug-likeness (QED) is 0.691. The summed E-state index contributed by atoms with van der Waals surface area (Å²) in [6.45, 7) is 5.23. The van der Waals surface area contributed by atoms with Gasteiger partial charge in [0.15, 0.2) is 5.79 Å².